The zero-order valence-corrected chi connectivity index (χ0v) is 20.6. The fraction of sp³-hybridized carbons (Fsp3) is 0.115. The van der Waals surface area contributed by atoms with Crippen molar-refractivity contribution in [2.45, 2.75) is 13.0 Å². The molecule has 0 unspecified atom stereocenters. The Morgan fingerprint density at radius 2 is 1.63 bits per heavy atom. The Hall–Kier alpha value is -4.11. The van der Waals surface area contributed by atoms with Gasteiger partial charge in [0.05, 0.1) is 18.7 Å². The van der Waals surface area contributed by atoms with Gasteiger partial charge in [-0.25, -0.2) is 4.68 Å². The van der Waals surface area contributed by atoms with Crippen molar-refractivity contribution in [3.05, 3.63) is 94.6 Å². The van der Waals surface area contributed by atoms with E-state index in [1.165, 1.54) is 4.68 Å². The van der Waals surface area contributed by atoms with E-state index in [-0.39, 0.29) is 11.7 Å². The van der Waals surface area contributed by atoms with E-state index in [0.29, 0.717) is 22.3 Å². The SMILES string of the molecule is COc1ccc(NC(=O)c2cc3cc(Br)ccc3n2NC(=O)C(=O)N[C@H](C)c2ccccc2)cc1. The van der Waals surface area contributed by atoms with Gasteiger partial charge in [-0.15, -0.1) is 0 Å². The molecule has 178 valence electrons. The first kappa shape index (κ1) is 24.0. The average Bonchev–Trinajstić information content (AvgIpc) is 3.22. The number of benzene rings is 3. The van der Waals surface area contributed by atoms with Crippen LogP contribution in [0.4, 0.5) is 5.69 Å². The van der Waals surface area contributed by atoms with Crippen LogP contribution in [-0.4, -0.2) is 29.5 Å². The minimum absolute atomic E-state index is 0.158. The first-order chi connectivity index (χ1) is 16.9. The molecule has 1 heterocycles. The number of hydrogen-bond donors (Lipinski definition) is 3. The molecule has 1 atom stereocenters. The van der Waals surface area contributed by atoms with Crippen LogP contribution in [0.3, 0.4) is 0 Å². The van der Waals surface area contributed by atoms with Gasteiger partial charge in [-0.2, -0.15) is 0 Å². The number of halogens is 1. The number of carbonyl (C=O) groups is 3. The molecule has 4 rings (SSSR count). The van der Waals surface area contributed by atoms with E-state index in [9.17, 15) is 14.4 Å². The Morgan fingerprint density at radius 1 is 0.914 bits per heavy atom. The molecule has 9 heteroatoms. The lowest BCUT2D eigenvalue weighted by molar-refractivity contribution is -0.137. The number of nitrogens with zero attached hydrogens (tertiary/aromatic N) is 1. The molecule has 0 saturated heterocycles. The summed E-state index contributed by atoms with van der Waals surface area (Å²) in [6.07, 6.45) is 0. The summed E-state index contributed by atoms with van der Waals surface area (Å²) in [5.74, 6) is -1.51. The van der Waals surface area contributed by atoms with Crippen LogP contribution in [0, 0.1) is 0 Å². The summed E-state index contributed by atoms with van der Waals surface area (Å²) < 4.78 is 7.27. The minimum Gasteiger partial charge on any atom is -0.497 e. The zero-order chi connectivity index (χ0) is 24.9. The highest BCUT2D eigenvalue weighted by atomic mass is 79.9. The Morgan fingerprint density at radius 3 is 2.31 bits per heavy atom. The van der Waals surface area contributed by atoms with Crippen LogP contribution in [0.15, 0.2) is 83.3 Å². The predicted molar refractivity (Wildman–Crippen MR) is 138 cm³/mol. The molecule has 1 aromatic heterocycles. The van der Waals surface area contributed by atoms with E-state index in [0.717, 1.165) is 10.0 Å². The quantitative estimate of drug-likeness (QED) is 0.314. The highest BCUT2D eigenvalue weighted by molar-refractivity contribution is 9.10. The normalized spacial score (nSPS) is 11.5. The summed E-state index contributed by atoms with van der Waals surface area (Å²) in [7, 11) is 1.56. The molecular formula is C26H23BrN4O4. The topological polar surface area (TPSA) is 101 Å². The Bertz CT molecular complexity index is 1380. The molecule has 3 N–H and O–H groups in total. The summed E-state index contributed by atoms with van der Waals surface area (Å²) in [6, 6.07) is 22.8. The first-order valence-corrected chi connectivity index (χ1v) is 11.6. The summed E-state index contributed by atoms with van der Waals surface area (Å²) in [6.45, 7) is 1.79. The number of fused-ring (bicyclic) bond motifs is 1. The molecule has 0 spiro atoms. The second-order valence-corrected chi connectivity index (χ2v) is 8.71. The van der Waals surface area contributed by atoms with Gasteiger partial charge in [-0.3, -0.25) is 19.8 Å². The molecule has 0 fully saturated rings. The van der Waals surface area contributed by atoms with E-state index < -0.39 is 17.7 Å². The first-order valence-electron chi connectivity index (χ1n) is 10.8. The number of hydrogen-bond acceptors (Lipinski definition) is 4. The predicted octanol–water partition coefficient (Wildman–Crippen LogP) is 4.61. The maximum atomic E-state index is 13.1. The van der Waals surface area contributed by atoms with Crippen molar-refractivity contribution in [2.24, 2.45) is 0 Å². The zero-order valence-electron chi connectivity index (χ0n) is 19.0. The van der Waals surface area contributed by atoms with Crippen LogP contribution in [0.1, 0.15) is 29.0 Å². The standard InChI is InChI=1S/C26H23BrN4O4/c1-16(17-6-4-3-5-7-17)28-25(33)26(34)30-31-22-13-8-19(27)14-18(22)15-23(31)24(32)29-20-9-11-21(35-2)12-10-20/h3-16H,1-2H3,(H,28,33)(H,29,32)(H,30,34)/t16-/m1/s1. The van der Waals surface area contributed by atoms with Gasteiger partial charge in [-0.05, 0) is 61.0 Å². The lowest BCUT2D eigenvalue weighted by Gasteiger charge is -2.16. The summed E-state index contributed by atoms with van der Waals surface area (Å²) in [5, 5.41) is 6.19. The number of aromatic nitrogens is 1. The summed E-state index contributed by atoms with van der Waals surface area (Å²) in [4.78, 5) is 38.5. The van der Waals surface area contributed by atoms with Gasteiger partial charge in [0.1, 0.15) is 11.4 Å². The monoisotopic (exact) mass is 534 g/mol. The van der Waals surface area contributed by atoms with Crippen LogP contribution in [0.2, 0.25) is 0 Å². The van der Waals surface area contributed by atoms with E-state index in [1.807, 2.05) is 36.4 Å². The maximum Gasteiger partial charge on any atom is 0.328 e. The van der Waals surface area contributed by atoms with Crippen molar-refractivity contribution >= 4 is 50.2 Å². The van der Waals surface area contributed by atoms with Crippen LogP contribution < -0.4 is 20.8 Å². The van der Waals surface area contributed by atoms with Crippen LogP contribution in [-0.2, 0) is 9.59 Å². The lowest BCUT2D eigenvalue weighted by Crippen LogP contribution is -2.40. The average molecular weight is 535 g/mol. The molecule has 8 nitrogen and oxygen atoms in total. The maximum absolute atomic E-state index is 13.1. The van der Waals surface area contributed by atoms with Gasteiger partial charge in [-0.1, -0.05) is 46.3 Å². The van der Waals surface area contributed by atoms with Gasteiger partial charge in [0.25, 0.3) is 5.91 Å². The number of amides is 3. The fourth-order valence-corrected chi connectivity index (χ4v) is 3.96. The van der Waals surface area contributed by atoms with Crippen LogP contribution in [0.25, 0.3) is 10.9 Å². The molecule has 0 radical (unpaired) electrons. The van der Waals surface area contributed by atoms with Gasteiger partial charge in [0.2, 0.25) is 0 Å². The smallest absolute Gasteiger partial charge is 0.328 e. The summed E-state index contributed by atoms with van der Waals surface area (Å²) >= 11 is 3.42. The fourth-order valence-electron chi connectivity index (χ4n) is 3.58. The molecule has 35 heavy (non-hydrogen) atoms. The number of anilines is 1. The van der Waals surface area contributed by atoms with Crippen LogP contribution >= 0.6 is 15.9 Å². The molecule has 0 aliphatic rings. The van der Waals surface area contributed by atoms with Gasteiger partial charge in [0.15, 0.2) is 0 Å². The molecular weight excluding hydrogens is 512 g/mol. The van der Waals surface area contributed by atoms with E-state index in [1.54, 1.807) is 56.5 Å². The molecule has 3 aromatic carbocycles. The molecule has 4 aromatic rings. The summed E-state index contributed by atoms with van der Waals surface area (Å²) in [5.41, 5.74) is 4.70. The molecule has 0 aliphatic heterocycles. The third kappa shape index (κ3) is 5.52. The van der Waals surface area contributed by atoms with Crippen molar-refractivity contribution in [1.82, 2.24) is 9.99 Å². The number of ether oxygens (including phenoxy) is 1. The Labute approximate surface area is 210 Å². The molecule has 0 bridgehead atoms. The van der Waals surface area contributed by atoms with Gasteiger partial charge < -0.3 is 15.4 Å². The van der Waals surface area contributed by atoms with E-state index >= 15 is 0 Å². The third-order valence-electron chi connectivity index (χ3n) is 5.41. The van der Waals surface area contributed by atoms with Crippen LogP contribution in [0.5, 0.6) is 5.75 Å². The second kappa shape index (κ2) is 10.4. The van der Waals surface area contributed by atoms with Crippen molar-refractivity contribution in [3.63, 3.8) is 0 Å². The Kier molecular flexibility index (Phi) is 7.17. The van der Waals surface area contributed by atoms with E-state index in [4.69, 9.17) is 4.74 Å². The molecule has 0 aliphatic carbocycles. The molecule has 3 amide bonds. The minimum atomic E-state index is -0.897. The van der Waals surface area contributed by atoms with Crippen molar-refractivity contribution in [2.75, 3.05) is 17.9 Å². The van der Waals surface area contributed by atoms with Gasteiger partial charge in [0, 0.05) is 15.5 Å². The number of rotatable bonds is 6. The van der Waals surface area contributed by atoms with Crippen molar-refractivity contribution in [3.8, 4) is 5.75 Å². The largest absolute Gasteiger partial charge is 0.497 e. The highest BCUT2D eigenvalue weighted by Crippen LogP contribution is 2.24. The van der Waals surface area contributed by atoms with Crippen molar-refractivity contribution < 1.29 is 19.1 Å². The number of nitrogens with one attached hydrogen (secondary N) is 3. The Balaban J connectivity index is 1.58. The third-order valence-corrected chi connectivity index (χ3v) is 5.90. The van der Waals surface area contributed by atoms with Crippen molar-refractivity contribution in [1.29, 1.82) is 0 Å². The second-order valence-electron chi connectivity index (χ2n) is 7.80. The lowest BCUT2D eigenvalue weighted by atomic mass is 10.1. The highest BCUT2D eigenvalue weighted by Gasteiger charge is 2.22. The van der Waals surface area contributed by atoms with E-state index in [2.05, 4.69) is 32.0 Å². The number of methoxy groups -OCH3 is 1. The van der Waals surface area contributed by atoms with Gasteiger partial charge >= 0.3 is 11.8 Å². The number of carbonyl (C=O) groups excluding carboxylic acids is 3. The molecule has 0 saturated carbocycles.